The molecule has 140 valence electrons. The number of aliphatic carboxylic acids is 1. The van der Waals surface area contributed by atoms with E-state index in [4.69, 9.17) is 4.74 Å². The predicted molar refractivity (Wildman–Crippen MR) is 100 cm³/mol. The number of hydrogen-bond donors (Lipinski definition) is 1. The Morgan fingerprint density at radius 2 is 1.67 bits per heavy atom. The summed E-state index contributed by atoms with van der Waals surface area (Å²) in [5.41, 5.74) is 1.24. The summed E-state index contributed by atoms with van der Waals surface area (Å²) in [6, 6.07) is 20.0. The highest BCUT2D eigenvalue weighted by atomic mass is 16.5. The van der Waals surface area contributed by atoms with Gasteiger partial charge in [-0.15, -0.1) is 0 Å². The van der Waals surface area contributed by atoms with Gasteiger partial charge in [-0.05, 0) is 11.1 Å². The van der Waals surface area contributed by atoms with E-state index in [2.05, 4.69) is 0 Å². The molecule has 4 rings (SSSR count). The van der Waals surface area contributed by atoms with Gasteiger partial charge >= 0.3 is 5.97 Å². The minimum absolute atomic E-state index is 0.00253. The average molecular weight is 365 g/mol. The van der Waals surface area contributed by atoms with Gasteiger partial charge in [-0.3, -0.25) is 9.59 Å². The molecule has 5 nitrogen and oxygen atoms in total. The van der Waals surface area contributed by atoms with E-state index >= 15 is 0 Å². The van der Waals surface area contributed by atoms with E-state index in [1.165, 1.54) is 0 Å². The van der Waals surface area contributed by atoms with Crippen molar-refractivity contribution in [1.82, 2.24) is 4.90 Å². The normalized spacial score (nSPS) is 24.2. The summed E-state index contributed by atoms with van der Waals surface area (Å²) in [6.45, 7) is 1.30. The van der Waals surface area contributed by atoms with Crippen LogP contribution in [0.25, 0.3) is 0 Å². The number of carbonyl (C=O) groups is 2. The predicted octanol–water partition coefficient (Wildman–Crippen LogP) is 2.77. The molecular weight excluding hydrogens is 342 g/mol. The monoisotopic (exact) mass is 365 g/mol. The molecule has 5 heteroatoms. The smallest absolute Gasteiger partial charge is 0.314 e. The van der Waals surface area contributed by atoms with Crippen LogP contribution in [0.3, 0.4) is 0 Å². The highest BCUT2D eigenvalue weighted by molar-refractivity contribution is 5.82. The van der Waals surface area contributed by atoms with Gasteiger partial charge in [-0.2, -0.15) is 0 Å². The highest BCUT2D eigenvalue weighted by Crippen LogP contribution is 2.42. The Labute approximate surface area is 158 Å². The molecule has 2 aliphatic heterocycles. The minimum Gasteiger partial charge on any atom is -0.481 e. The summed E-state index contributed by atoms with van der Waals surface area (Å²) in [6.07, 6.45) is 0.331. The van der Waals surface area contributed by atoms with E-state index in [1.54, 1.807) is 4.90 Å². The fourth-order valence-electron chi connectivity index (χ4n) is 4.33. The van der Waals surface area contributed by atoms with Gasteiger partial charge in [0, 0.05) is 31.3 Å². The summed E-state index contributed by atoms with van der Waals surface area (Å²) >= 11 is 0. The Bertz CT molecular complexity index is 783. The first-order chi connectivity index (χ1) is 13.1. The largest absolute Gasteiger partial charge is 0.481 e. The molecule has 0 radical (unpaired) electrons. The number of fused-ring (bicyclic) bond motifs is 1. The van der Waals surface area contributed by atoms with E-state index in [0.29, 0.717) is 19.6 Å². The molecule has 0 bridgehead atoms. The van der Waals surface area contributed by atoms with Crippen molar-refractivity contribution < 1.29 is 19.4 Å². The molecule has 2 saturated heterocycles. The molecule has 2 heterocycles. The second-order valence-electron chi connectivity index (χ2n) is 7.53. The Balaban J connectivity index is 1.56. The zero-order valence-corrected chi connectivity index (χ0v) is 15.1. The van der Waals surface area contributed by atoms with Crippen molar-refractivity contribution in [3.8, 4) is 0 Å². The molecule has 1 amide bonds. The molecule has 1 N–H and O–H groups in total. The van der Waals surface area contributed by atoms with E-state index < -0.39 is 11.4 Å². The van der Waals surface area contributed by atoms with Gasteiger partial charge < -0.3 is 14.7 Å². The number of carboxylic acids is 1. The highest BCUT2D eigenvalue weighted by Gasteiger charge is 2.57. The Morgan fingerprint density at radius 1 is 1.07 bits per heavy atom. The number of rotatable bonds is 5. The fourth-order valence-corrected chi connectivity index (χ4v) is 4.33. The molecule has 0 unspecified atom stereocenters. The third-order valence-electron chi connectivity index (χ3n) is 5.94. The number of likely N-dealkylation sites (tertiary alicyclic amines) is 1. The van der Waals surface area contributed by atoms with Gasteiger partial charge in [0.2, 0.25) is 5.91 Å². The zero-order valence-electron chi connectivity index (χ0n) is 15.1. The standard InChI is InChI=1S/C22H23NO4/c24-20(23-12-18-13-27-15-22(18,14-23)21(25)26)11-19(16-7-3-1-4-8-16)17-9-5-2-6-10-17/h1-10,18-19H,11-15H2,(H,25,26)/t18-,22-/m1/s1. The van der Waals surface area contributed by atoms with Crippen LogP contribution < -0.4 is 0 Å². The molecule has 0 spiro atoms. The lowest BCUT2D eigenvalue weighted by molar-refractivity contribution is -0.149. The maximum Gasteiger partial charge on any atom is 0.314 e. The van der Waals surface area contributed by atoms with Crippen molar-refractivity contribution in [1.29, 1.82) is 0 Å². The van der Waals surface area contributed by atoms with Crippen LogP contribution >= 0.6 is 0 Å². The number of nitrogens with zero attached hydrogens (tertiary/aromatic N) is 1. The Hall–Kier alpha value is -2.66. The lowest BCUT2D eigenvalue weighted by Crippen LogP contribution is -2.40. The first-order valence-electron chi connectivity index (χ1n) is 9.29. The first kappa shape index (κ1) is 17.7. The number of carbonyl (C=O) groups excluding carboxylic acids is 1. The number of hydrogen-bond acceptors (Lipinski definition) is 3. The van der Waals surface area contributed by atoms with Crippen LogP contribution in [0.2, 0.25) is 0 Å². The number of ether oxygens (including phenoxy) is 1. The average Bonchev–Trinajstić information content (AvgIpc) is 3.26. The van der Waals surface area contributed by atoms with Crippen molar-refractivity contribution in [2.45, 2.75) is 12.3 Å². The van der Waals surface area contributed by atoms with Gasteiger partial charge in [0.15, 0.2) is 0 Å². The Morgan fingerprint density at radius 3 is 2.19 bits per heavy atom. The van der Waals surface area contributed by atoms with Crippen molar-refractivity contribution in [3.05, 3.63) is 71.8 Å². The van der Waals surface area contributed by atoms with Crippen molar-refractivity contribution in [2.75, 3.05) is 26.3 Å². The molecule has 27 heavy (non-hydrogen) atoms. The third kappa shape index (κ3) is 3.23. The minimum atomic E-state index is -0.940. The summed E-state index contributed by atoms with van der Waals surface area (Å²) < 4.78 is 5.41. The molecule has 2 fully saturated rings. The molecular formula is C22H23NO4. The molecule has 0 saturated carbocycles. The van der Waals surface area contributed by atoms with Crippen LogP contribution in [-0.4, -0.2) is 48.2 Å². The zero-order chi connectivity index (χ0) is 18.9. The lowest BCUT2D eigenvalue weighted by atomic mass is 9.81. The quantitative estimate of drug-likeness (QED) is 0.885. The van der Waals surface area contributed by atoms with Gasteiger partial charge in [-0.1, -0.05) is 60.7 Å². The molecule has 2 atom stereocenters. The van der Waals surface area contributed by atoms with Crippen molar-refractivity contribution in [2.24, 2.45) is 11.3 Å². The second kappa shape index (κ2) is 7.16. The topological polar surface area (TPSA) is 66.8 Å². The number of carboxylic acid groups (broad SMARTS) is 1. The van der Waals surface area contributed by atoms with Crippen LogP contribution in [-0.2, 0) is 14.3 Å². The van der Waals surface area contributed by atoms with E-state index in [1.807, 2.05) is 60.7 Å². The first-order valence-corrected chi connectivity index (χ1v) is 9.29. The van der Waals surface area contributed by atoms with Crippen LogP contribution in [0, 0.1) is 11.3 Å². The molecule has 0 aromatic heterocycles. The summed E-state index contributed by atoms with van der Waals surface area (Å²) in [5, 5.41) is 9.69. The second-order valence-corrected chi connectivity index (χ2v) is 7.53. The van der Waals surface area contributed by atoms with Crippen LogP contribution in [0.4, 0.5) is 0 Å². The molecule has 2 aromatic rings. The summed E-state index contributed by atoms with van der Waals surface area (Å²) in [7, 11) is 0. The van der Waals surface area contributed by atoms with Gasteiger partial charge in [0.25, 0.3) is 0 Å². The molecule has 0 aliphatic carbocycles. The number of benzene rings is 2. The van der Waals surface area contributed by atoms with Gasteiger partial charge in [0.05, 0.1) is 13.2 Å². The SMILES string of the molecule is O=C(CC(c1ccccc1)c1ccccc1)N1C[C@@H]2COC[C@]2(C(=O)O)C1. The fraction of sp³-hybridized carbons (Fsp3) is 0.364. The van der Waals surface area contributed by atoms with E-state index in [0.717, 1.165) is 11.1 Å². The van der Waals surface area contributed by atoms with Gasteiger partial charge in [-0.25, -0.2) is 0 Å². The van der Waals surface area contributed by atoms with Crippen molar-refractivity contribution in [3.63, 3.8) is 0 Å². The van der Waals surface area contributed by atoms with Crippen LogP contribution in [0.15, 0.2) is 60.7 Å². The maximum absolute atomic E-state index is 13.1. The number of amides is 1. The third-order valence-corrected chi connectivity index (χ3v) is 5.94. The maximum atomic E-state index is 13.1. The molecule has 2 aromatic carbocycles. The van der Waals surface area contributed by atoms with E-state index in [9.17, 15) is 14.7 Å². The van der Waals surface area contributed by atoms with E-state index in [-0.39, 0.29) is 30.9 Å². The molecule has 2 aliphatic rings. The van der Waals surface area contributed by atoms with Crippen LogP contribution in [0.5, 0.6) is 0 Å². The summed E-state index contributed by atoms with van der Waals surface area (Å²) in [4.78, 5) is 26.6. The van der Waals surface area contributed by atoms with Crippen LogP contribution in [0.1, 0.15) is 23.5 Å². The Kier molecular flexibility index (Phi) is 4.70. The van der Waals surface area contributed by atoms with Gasteiger partial charge in [0.1, 0.15) is 5.41 Å². The van der Waals surface area contributed by atoms with Crippen molar-refractivity contribution >= 4 is 11.9 Å². The summed E-state index contributed by atoms with van der Waals surface area (Å²) in [5.74, 6) is -1.02. The lowest BCUT2D eigenvalue weighted by Gasteiger charge is -2.24.